The molecule has 25 heavy (non-hydrogen) atoms. The van der Waals surface area contributed by atoms with Crippen molar-refractivity contribution in [3.63, 3.8) is 0 Å². The fourth-order valence-electron chi connectivity index (χ4n) is 3.40. The van der Waals surface area contributed by atoms with Gasteiger partial charge >= 0.3 is 6.09 Å². The first-order chi connectivity index (χ1) is 11.5. The lowest BCUT2D eigenvalue weighted by atomic mass is 9.91. The lowest BCUT2D eigenvalue weighted by Crippen LogP contribution is -2.66. The predicted molar refractivity (Wildman–Crippen MR) is 92.8 cm³/mol. The number of nitrogens with zero attached hydrogens (tertiary/aromatic N) is 2. The smallest absolute Gasteiger partial charge is 0.432 e. The molecule has 1 aromatic heterocycles. The molecule has 1 aliphatic carbocycles. The lowest BCUT2D eigenvalue weighted by molar-refractivity contribution is 0.205. The van der Waals surface area contributed by atoms with Crippen LogP contribution in [0.2, 0.25) is 0 Å². The summed E-state index contributed by atoms with van der Waals surface area (Å²) < 4.78 is 39.5. The predicted octanol–water partition coefficient (Wildman–Crippen LogP) is 2.46. The third-order valence-electron chi connectivity index (χ3n) is 4.97. The summed E-state index contributed by atoms with van der Waals surface area (Å²) in [4.78, 5) is 18.5. The highest BCUT2D eigenvalue weighted by Crippen LogP contribution is 2.49. The molecule has 2 atom stereocenters. The molecule has 3 rings (SSSR count). The van der Waals surface area contributed by atoms with Crippen molar-refractivity contribution in [1.29, 1.82) is 0 Å². The standard InChI is InChI=1S/C15H17BrFN3O4S/c1-14(9-5-11(16)18-6-10(9)17)7-25(23,24)15(2,8-3-4-8)12(20-14)19-13(21)22/h5-6,8H,3-4,7H2,1-2H3,(H,19,20)(H,21,22)/t14-,15-/m0/s1. The van der Waals surface area contributed by atoms with Gasteiger partial charge in [0.1, 0.15) is 21.0 Å². The van der Waals surface area contributed by atoms with E-state index >= 15 is 0 Å². The van der Waals surface area contributed by atoms with Crippen molar-refractivity contribution in [2.75, 3.05) is 5.75 Å². The topological polar surface area (TPSA) is 109 Å². The molecule has 10 heteroatoms. The quantitative estimate of drug-likeness (QED) is 0.693. The normalized spacial score (nSPS) is 33.0. The van der Waals surface area contributed by atoms with Crippen LogP contribution in [0.15, 0.2) is 21.9 Å². The summed E-state index contributed by atoms with van der Waals surface area (Å²) in [6.07, 6.45) is 0.858. The van der Waals surface area contributed by atoms with Crippen molar-refractivity contribution >= 4 is 37.7 Å². The Hall–Kier alpha value is -1.55. The fourth-order valence-corrected chi connectivity index (χ4v) is 6.15. The summed E-state index contributed by atoms with van der Waals surface area (Å²) in [6, 6.07) is 1.38. The van der Waals surface area contributed by atoms with Crippen LogP contribution in [0.1, 0.15) is 32.3 Å². The van der Waals surface area contributed by atoms with Crippen LogP contribution >= 0.6 is 15.9 Å². The maximum absolute atomic E-state index is 14.3. The molecule has 0 unspecified atom stereocenters. The third kappa shape index (κ3) is 2.95. The lowest BCUT2D eigenvalue weighted by Gasteiger charge is -2.45. The number of nitrogens with one attached hydrogen (secondary N) is 1. The number of amides is 1. The molecular formula is C15H17BrFN3O4S. The van der Waals surface area contributed by atoms with E-state index in [2.05, 4.69) is 31.2 Å². The first-order valence-electron chi connectivity index (χ1n) is 7.64. The molecule has 1 amide bonds. The molecule has 1 aliphatic heterocycles. The maximum atomic E-state index is 14.3. The van der Waals surface area contributed by atoms with Gasteiger partial charge in [-0.15, -0.1) is 0 Å². The molecule has 2 aliphatic rings. The van der Waals surface area contributed by atoms with Crippen molar-refractivity contribution in [3.05, 3.63) is 28.2 Å². The maximum Gasteiger partial charge on any atom is 0.432 e. The highest BCUT2D eigenvalue weighted by atomic mass is 79.9. The zero-order chi connectivity index (χ0) is 18.6. The molecule has 2 heterocycles. The van der Waals surface area contributed by atoms with E-state index in [1.54, 1.807) is 0 Å². The number of sulfone groups is 1. The highest BCUT2D eigenvalue weighted by molar-refractivity contribution is 9.10. The largest absolute Gasteiger partial charge is 0.463 e. The number of rotatable bonds is 2. The molecule has 136 valence electrons. The average molecular weight is 434 g/mol. The van der Waals surface area contributed by atoms with E-state index in [0.717, 1.165) is 6.20 Å². The van der Waals surface area contributed by atoms with E-state index in [-0.39, 0.29) is 23.1 Å². The van der Waals surface area contributed by atoms with Gasteiger partial charge in [0.05, 0.1) is 17.5 Å². The van der Waals surface area contributed by atoms with Crippen LogP contribution in [0.4, 0.5) is 9.18 Å². The van der Waals surface area contributed by atoms with Gasteiger partial charge < -0.3 is 10.4 Å². The number of hydrogen-bond donors (Lipinski definition) is 2. The van der Waals surface area contributed by atoms with Crippen LogP contribution in [-0.4, -0.2) is 40.9 Å². The molecule has 7 nitrogen and oxygen atoms in total. The van der Waals surface area contributed by atoms with Gasteiger partial charge in [0.25, 0.3) is 0 Å². The molecule has 0 spiro atoms. The Bertz CT molecular complexity index is 887. The summed E-state index contributed by atoms with van der Waals surface area (Å²) in [7, 11) is -3.80. The van der Waals surface area contributed by atoms with Crippen molar-refractivity contribution in [3.8, 4) is 0 Å². The van der Waals surface area contributed by atoms with Gasteiger partial charge in [-0.25, -0.2) is 22.6 Å². The van der Waals surface area contributed by atoms with Crippen molar-refractivity contribution < 1.29 is 22.7 Å². The van der Waals surface area contributed by atoms with Crippen LogP contribution in [0, 0.1) is 11.7 Å². The number of hydrogen-bond acceptors (Lipinski definition) is 4. The molecule has 1 saturated heterocycles. The van der Waals surface area contributed by atoms with E-state index in [0.29, 0.717) is 17.4 Å². The summed E-state index contributed by atoms with van der Waals surface area (Å²) in [5.41, 5.74) is -1.29. The van der Waals surface area contributed by atoms with Crippen LogP contribution in [0.3, 0.4) is 0 Å². The van der Waals surface area contributed by atoms with Gasteiger partial charge in [0.2, 0.25) is 0 Å². The molecular weight excluding hydrogens is 417 g/mol. The number of aliphatic imine (C=N–C) groups is 1. The second-order valence-electron chi connectivity index (χ2n) is 6.83. The number of halogens is 2. The molecule has 0 bridgehead atoms. The first-order valence-corrected chi connectivity index (χ1v) is 10.1. The Labute approximate surface area is 152 Å². The van der Waals surface area contributed by atoms with Crippen molar-refractivity contribution in [2.45, 2.75) is 37.0 Å². The summed E-state index contributed by atoms with van der Waals surface area (Å²) in [6.45, 7) is 3.01. The van der Waals surface area contributed by atoms with Crippen molar-refractivity contribution in [1.82, 2.24) is 10.3 Å². The first kappa shape index (κ1) is 18.2. The van der Waals surface area contributed by atoms with E-state index in [1.165, 1.54) is 19.9 Å². The Morgan fingerprint density at radius 1 is 1.48 bits per heavy atom. The SMILES string of the molecule is C[C@@]1(c2cc(Br)ncc2F)CS(=O)(=O)[C@@](C)(C2CC2)/C(=N/C(=O)O)N1. The number of carboxylic acid groups (broad SMARTS) is 1. The average Bonchev–Trinajstić information content (AvgIpc) is 3.30. The van der Waals surface area contributed by atoms with E-state index < -0.39 is 32.0 Å². The van der Waals surface area contributed by atoms with Gasteiger partial charge in [0.15, 0.2) is 9.84 Å². The van der Waals surface area contributed by atoms with Gasteiger partial charge in [-0.2, -0.15) is 4.99 Å². The van der Waals surface area contributed by atoms with E-state index in [1.807, 2.05) is 0 Å². The minimum Gasteiger partial charge on any atom is -0.463 e. The Kier molecular flexibility index (Phi) is 4.18. The van der Waals surface area contributed by atoms with Gasteiger partial charge in [0, 0.05) is 5.56 Å². The Morgan fingerprint density at radius 3 is 2.68 bits per heavy atom. The molecule has 2 N–H and O–H groups in total. The zero-order valence-corrected chi connectivity index (χ0v) is 16.0. The second kappa shape index (κ2) is 5.73. The minimum atomic E-state index is -3.80. The fraction of sp³-hybridized carbons (Fsp3) is 0.533. The minimum absolute atomic E-state index is 0.0777. The van der Waals surface area contributed by atoms with Crippen LogP contribution < -0.4 is 5.32 Å². The number of amidine groups is 1. The van der Waals surface area contributed by atoms with E-state index in [4.69, 9.17) is 5.11 Å². The summed E-state index contributed by atoms with van der Waals surface area (Å²) in [5, 5.41) is 12.0. The van der Waals surface area contributed by atoms with Crippen LogP contribution in [0.5, 0.6) is 0 Å². The van der Waals surface area contributed by atoms with Gasteiger partial charge in [-0.05, 0) is 54.6 Å². The molecule has 1 aromatic rings. The van der Waals surface area contributed by atoms with Gasteiger partial charge in [-0.3, -0.25) is 0 Å². The second-order valence-corrected chi connectivity index (χ2v) is 10.0. The van der Waals surface area contributed by atoms with Crippen LogP contribution in [0.25, 0.3) is 0 Å². The molecule has 1 saturated carbocycles. The van der Waals surface area contributed by atoms with Crippen LogP contribution in [-0.2, 0) is 15.4 Å². The van der Waals surface area contributed by atoms with Gasteiger partial charge in [-0.1, -0.05) is 0 Å². The van der Waals surface area contributed by atoms with Crippen molar-refractivity contribution in [2.24, 2.45) is 10.9 Å². The molecule has 0 aromatic carbocycles. The summed E-state index contributed by atoms with van der Waals surface area (Å²) >= 11 is 3.15. The number of carbonyl (C=O) groups is 1. The molecule has 2 fully saturated rings. The number of aromatic nitrogens is 1. The highest BCUT2D eigenvalue weighted by Gasteiger charge is 2.60. The Morgan fingerprint density at radius 2 is 2.12 bits per heavy atom. The zero-order valence-electron chi connectivity index (χ0n) is 13.6. The number of pyridine rings is 1. The van der Waals surface area contributed by atoms with E-state index in [9.17, 15) is 17.6 Å². The Balaban J connectivity index is 2.17. The molecule has 0 radical (unpaired) electrons. The monoisotopic (exact) mass is 433 g/mol. The third-order valence-corrected chi connectivity index (χ3v) is 8.18. The summed E-state index contributed by atoms with van der Waals surface area (Å²) in [5.74, 6) is -1.40.